The largest absolute Gasteiger partial charge is 0.481 e. The molecule has 0 heterocycles. The van der Waals surface area contributed by atoms with Crippen LogP contribution in [0.1, 0.15) is 33.1 Å². The average Bonchev–Trinajstić information content (AvgIpc) is 1.81. The van der Waals surface area contributed by atoms with Crippen molar-refractivity contribution in [3.63, 3.8) is 0 Å². The molecule has 0 saturated heterocycles. The van der Waals surface area contributed by atoms with Crippen molar-refractivity contribution in [2.45, 2.75) is 38.6 Å². The maximum Gasteiger partial charge on any atom is 0.305 e. The van der Waals surface area contributed by atoms with Gasteiger partial charge in [0, 0.05) is 5.54 Å². The minimum atomic E-state index is -0.708. The summed E-state index contributed by atoms with van der Waals surface area (Å²) in [6, 6.07) is 0. The van der Waals surface area contributed by atoms with Crippen LogP contribution in [0.2, 0.25) is 0 Å². The summed E-state index contributed by atoms with van der Waals surface area (Å²) < 4.78 is 0. The van der Waals surface area contributed by atoms with Gasteiger partial charge in [0.2, 0.25) is 0 Å². The highest BCUT2D eigenvalue weighted by molar-refractivity contribution is 5.68. The molecule has 3 heteroatoms. The summed E-state index contributed by atoms with van der Waals surface area (Å²) in [5.41, 5.74) is 0.188. The number of carboxylic acid groups (broad SMARTS) is 1. The fourth-order valence-electron chi connectivity index (χ4n) is 2.46. The van der Waals surface area contributed by atoms with E-state index in [0.29, 0.717) is 5.41 Å². The average molecular weight is 171 g/mol. The second kappa shape index (κ2) is 2.73. The SMILES string of the molecule is CNC1(CC(=O)O)CC(C)(C)C1. The van der Waals surface area contributed by atoms with E-state index in [4.69, 9.17) is 5.11 Å². The Bertz CT molecular complexity index is 191. The van der Waals surface area contributed by atoms with Crippen LogP contribution in [-0.4, -0.2) is 23.7 Å². The third-order valence-electron chi connectivity index (χ3n) is 2.65. The lowest BCUT2D eigenvalue weighted by Crippen LogP contribution is -2.58. The van der Waals surface area contributed by atoms with Crippen molar-refractivity contribution in [1.82, 2.24) is 5.32 Å². The third kappa shape index (κ3) is 1.78. The number of hydrogen-bond acceptors (Lipinski definition) is 2. The highest BCUT2D eigenvalue weighted by Crippen LogP contribution is 2.49. The van der Waals surface area contributed by atoms with Gasteiger partial charge in [-0.2, -0.15) is 0 Å². The van der Waals surface area contributed by atoms with E-state index in [1.807, 2.05) is 7.05 Å². The van der Waals surface area contributed by atoms with E-state index in [1.54, 1.807) is 0 Å². The second-order valence-electron chi connectivity index (χ2n) is 4.62. The molecule has 3 nitrogen and oxygen atoms in total. The maximum absolute atomic E-state index is 10.5. The molecule has 1 saturated carbocycles. The van der Waals surface area contributed by atoms with Crippen LogP contribution in [-0.2, 0) is 4.79 Å². The van der Waals surface area contributed by atoms with Crippen LogP contribution in [0.25, 0.3) is 0 Å². The number of hydrogen-bond donors (Lipinski definition) is 2. The van der Waals surface area contributed by atoms with Crippen molar-refractivity contribution in [1.29, 1.82) is 0 Å². The lowest BCUT2D eigenvalue weighted by Gasteiger charge is -2.52. The first-order chi connectivity index (χ1) is 5.39. The first-order valence-corrected chi connectivity index (χ1v) is 4.30. The highest BCUT2D eigenvalue weighted by atomic mass is 16.4. The van der Waals surface area contributed by atoms with Crippen LogP contribution in [0.4, 0.5) is 0 Å². The van der Waals surface area contributed by atoms with Crippen molar-refractivity contribution in [2.24, 2.45) is 5.41 Å². The summed E-state index contributed by atoms with van der Waals surface area (Å²) in [6.45, 7) is 4.34. The normalized spacial score (nSPS) is 24.6. The lowest BCUT2D eigenvalue weighted by atomic mass is 9.58. The van der Waals surface area contributed by atoms with Gasteiger partial charge in [-0.1, -0.05) is 13.8 Å². The van der Waals surface area contributed by atoms with E-state index in [0.717, 1.165) is 12.8 Å². The van der Waals surface area contributed by atoms with Gasteiger partial charge in [-0.3, -0.25) is 4.79 Å². The molecule has 70 valence electrons. The molecule has 0 aromatic heterocycles. The van der Waals surface area contributed by atoms with Crippen molar-refractivity contribution >= 4 is 5.97 Å². The molecule has 1 aliphatic carbocycles. The van der Waals surface area contributed by atoms with Gasteiger partial charge in [-0.25, -0.2) is 0 Å². The van der Waals surface area contributed by atoms with Crippen molar-refractivity contribution in [2.75, 3.05) is 7.05 Å². The van der Waals surface area contributed by atoms with Crippen LogP contribution in [0.5, 0.6) is 0 Å². The molecule has 0 aromatic rings. The molecule has 0 bridgehead atoms. The Morgan fingerprint density at radius 3 is 2.25 bits per heavy atom. The quantitative estimate of drug-likeness (QED) is 0.671. The Morgan fingerprint density at radius 2 is 2.00 bits per heavy atom. The molecule has 1 rings (SSSR count). The Balaban J connectivity index is 2.53. The third-order valence-corrected chi connectivity index (χ3v) is 2.65. The number of nitrogens with one attached hydrogen (secondary N) is 1. The van der Waals surface area contributed by atoms with Crippen molar-refractivity contribution < 1.29 is 9.90 Å². The molecule has 0 atom stereocenters. The minimum Gasteiger partial charge on any atom is -0.481 e. The fourth-order valence-corrected chi connectivity index (χ4v) is 2.46. The number of rotatable bonds is 3. The Morgan fingerprint density at radius 1 is 1.50 bits per heavy atom. The monoisotopic (exact) mass is 171 g/mol. The molecular weight excluding hydrogens is 154 g/mol. The summed E-state index contributed by atoms with van der Waals surface area (Å²) in [6.07, 6.45) is 2.17. The van der Waals surface area contributed by atoms with Gasteiger partial charge >= 0.3 is 5.97 Å². The first-order valence-electron chi connectivity index (χ1n) is 4.30. The fraction of sp³-hybridized carbons (Fsp3) is 0.889. The smallest absolute Gasteiger partial charge is 0.305 e. The van der Waals surface area contributed by atoms with Gasteiger partial charge in [-0.05, 0) is 25.3 Å². The van der Waals surface area contributed by atoms with Crippen molar-refractivity contribution in [3.8, 4) is 0 Å². The van der Waals surface area contributed by atoms with Crippen molar-refractivity contribution in [3.05, 3.63) is 0 Å². The van der Waals surface area contributed by atoms with Gasteiger partial charge in [0.15, 0.2) is 0 Å². The van der Waals surface area contributed by atoms with Gasteiger partial charge in [0.25, 0.3) is 0 Å². The minimum absolute atomic E-state index is 0.130. The Kier molecular flexibility index (Phi) is 2.17. The van der Waals surface area contributed by atoms with Crippen LogP contribution in [0, 0.1) is 5.41 Å². The predicted molar refractivity (Wildman–Crippen MR) is 47.1 cm³/mol. The van der Waals surface area contributed by atoms with E-state index in [2.05, 4.69) is 19.2 Å². The topological polar surface area (TPSA) is 49.3 Å². The van der Waals surface area contributed by atoms with Crippen LogP contribution < -0.4 is 5.32 Å². The molecule has 1 aliphatic rings. The van der Waals surface area contributed by atoms with Crippen LogP contribution in [0.3, 0.4) is 0 Å². The molecule has 0 radical (unpaired) electrons. The number of carboxylic acids is 1. The zero-order valence-electron chi connectivity index (χ0n) is 7.98. The summed E-state index contributed by atoms with van der Waals surface area (Å²) >= 11 is 0. The zero-order chi connectivity index (χ0) is 9.41. The van der Waals surface area contributed by atoms with Gasteiger partial charge in [-0.15, -0.1) is 0 Å². The van der Waals surface area contributed by atoms with Crippen LogP contribution in [0.15, 0.2) is 0 Å². The lowest BCUT2D eigenvalue weighted by molar-refractivity contribution is -0.141. The molecule has 0 aromatic carbocycles. The molecule has 0 spiro atoms. The maximum atomic E-state index is 10.5. The number of aliphatic carboxylic acids is 1. The Hall–Kier alpha value is -0.570. The summed E-state index contributed by atoms with van der Waals surface area (Å²) in [5.74, 6) is -0.708. The molecule has 0 amide bonds. The van der Waals surface area contributed by atoms with Crippen LogP contribution >= 0.6 is 0 Å². The molecule has 12 heavy (non-hydrogen) atoms. The van der Waals surface area contributed by atoms with Gasteiger partial charge in [0.05, 0.1) is 6.42 Å². The van der Waals surface area contributed by atoms with Gasteiger partial charge < -0.3 is 10.4 Å². The summed E-state index contributed by atoms with van der Waals surface area (Å²) in [4.78, 5) is 10.5. The molecule has 0 aliphatic heterocycles. The molecule has 2 N–H and O–H groups in total. The Labute approximate surface area is 73.2 Å². The van der Waals surface area contributed by atoms with E-state index >= 15 is 0 Å². The molecule has 0 unspecified atom stereocenters. The van der Waals surface area contributed by atoms with E-state index in [-0.39, 0.29) is 12.0 Å². The standard InChI is InChI=1S/C9H17NO2/c1-8(2)5-9(6-8,10-3)4-7(11)12/h10H,4-6H2,1-3H3,(H,11,12). The zero-order valence-corrected chi connectivity index (χ0v) is 7.98. The van der Waals surface area contributed by atoms with E-state index in [9.17, 15) is 4.79 Å². The predicted octanol–water partition coefficient (Wildman–Crippen LogP) is 1.24. The van der Waals surface area contributed by atoms with Gasteiger partial charge in [0.1, 0.15) is 0 Å². The molecular formula is C9H17NO2. The number of carbonyl (C=O) groups is 1. The summed E-state index contributed by atoms with van der Waals surface area (Å²) in [7, 11) is 1.85. The van der Waals surface area contributed by atoms with E-state index < -0.39 is 5.97 Å². The second-order valence-corrected chi connectivity index (χ2v) is 4.62. The highest BCUT2D eigenvalue weighted by Gasteiger charge is 2.49. The summed E-state index contributed by atoms with van der Waals surface area (Å²) in [5, 5.41) is 11.8. The first kappa shape index (κ1) is 9.52. The van der Waals surface area contributed by atoms with E-state index in [1.165, 1.54) is 0 Å². The molecule has 1 fully saturated rings.